The molecule has 1 heterocycles. The summed E-state index contributed by atoms with van der Waals surface area (Å²) in [7, 11) is 0. The van der Waals surface area contributed by atoms with Crippen molar-refractivity contribution in [2.24, 2.45) is 5.92 Å². The first-order valence-electron chi connectivity index (χ1n) is 8.42. The van der Waals surface area contributed by atoms with Crippen LogP contribution in [-0.4, -0.2) is 12.5 Å². The minimum absolute atomic E-state index is 0.00791. The zero-order valence-corrected chi connectivity index (χ0v) is 15.0. The van der Waals surface area contributed by atoms with Gasteiger partial charge in [0.1, 0.15) is 16.8 Å². The topological polar surface area (TPSA) is 62.1 Å². The first-order chi connectivity index (χ1) is 12.5. The van der Waals surface area contributed by atoms with Crippen molar-refractivity contribution in [1.82, 2.24) is 0 Å². The van der Waals surface area contributed by atoms with Crippen molar-refractivity contribution in [2.45, 2.75) is 39.2 Å². The van der Waals surface area contributed by atoms with Crippen molar-refractivity contribution >= 4 is 22.2 Å². The van der Waals surface area contributed by atoms with E-state index in [9.17, 15) is 18.8 Å². The number of hydrogen-bond acceptors (Lipinski definition) is 4. The average molecular weight is 376 g/mol. The number of rotatable bonds is 5. The van der Waals surface area contributed by atoms with E-state index >= 15 is 0 Å². The van der Waals surface area contributed by atoms with E-state index in [1.807, 2.05) is 0 Å². The molecule has 26 heavy (non-hydrogen) atoms. The Bertz CT molecular complexity index is 840. The number of halogens is 2. The van der Waals surface area contributed by atoms with Gasteiger partial charge in [-0.1, -0.05) is 13.3 Å². The van der Waals surface area contributed by atoms with Crippen LogP contribution in [0.3, 0.4) is 0 Å². The summed E-state index contributed by atoms with van der Waals surface area (Å²) in [5.41, 5.74) is 1.91. The summed E-state index contributed by atoms with van der Waals surface area (Å²) in [6.45, 7) is -0.740. The molecular weight excluding hydrogens is 358 g/mol. The molecule has 0 saturated carbocycles. The Balaban J connectivity index is 1.77. The second-order valence-corrected chi connectivity index (χ2v) is 7.30. The highest BCUT2D eigenvalue weighted by Gasteiger charge is 2.25. The Kier molecular flexibility index (Phi) is 5.52. The molecule has 1 amide bonds. The Morgan fingerprint density at radius 2 is 2.15 bits per heavy atom. The normalized spacial score (nSPS) is 16.0. The third-order valence-corrected chi connectivity index (χ3v) is 5.80. The SMILES string of the molecule is CC[C@@H]1CCc2c(sc(NC(=O)c3ccc(OC(F)F)cc3)c2C#N)C1. The molecule has 0 unspecified atom stereocenters. The molecule has 136 valence electrons. The number of carbonyl (C=O) groups excluding carboxylic acids is 1. The fourth-order valence-corrected chi connectivity index (χ4v) is 4.48. The van der Waals surface area contributed by atoms with Crippen LogP contribution in [-0.2, 0) is 12.8 Å². The van der Waals surface area contributed by atoms with Gasteiger partial charge in [-0.05, 0) is 55.0 Å². The molecule has 1 aromatic heterocycles. The molecule has 1 aliphatic rings. The number of carbonyl (C=O) groups is 1. The van der Waals surface area contributed by atoms with Gasteiger partial charge in [0.2, 0.25) is 0 Å². The quantitative estimate of drug-likeness (QED) is 0.800. The molecule has 1 aliphatic carbocycles. The van der Waals surface area contributed by atoms with Crippen LogP contribution in [0.4, 0.5) is 13.8 Å². The van der Waals surface area contributed by atoms with Crippen LogP contribution >= 0.6 is 11.3 Å². The highest BCUT2D eigenvalue weighted by molar-refractivity contribution is 7.16. The number of fused-ring (bicyclic) bond motifs is 1. The second kappa shape index (κ2) is 7.83. The maximum atomic E-state index is 12.4. The molecule has 4 nitrogen and oxygen atoms in total. The number of alkyl halides is 2. The maximum absolute atomic E-state index is 12.4. The number of hydrogen-bond donors (Lipinski definition) is 1. The van der Waals surface area contributed by atoms with Crippen molar-refractivity contribution in [3.05, 3.63) is 45.8 Å². The van der Waals surface area contributed by atoms with Gasteiger partial charge in [-0.2, -0.15) is 14.0 Å². The van der Waals surface area contributed by atoms with E-state index in [1.54, 1.807) is 0 Å². The summed E-state index contributed by atoms with van der Waals surface area (Å²) in [5.74, 6) is 0.237. The van der Waals surface area contributed by atoms with Crippen LogP contribution in [0.25, 0.3) is 0 Å². The van der Waals surface area contributed by atoms with E-state index in [0.29, 0.717) is 22.0 Å². The third kappa shape index (κ3) is 3.86. The zero-order valence-electron chi connectivity index (χ0n) is 14.2. The standard InChI is InChI=1S/C19H18F2N2O2S/c1-2-11-3-8-14-15(10-22)18(26-16(14)9-11)23-17(24)12-4-6-13(7-5-12)25-19(20)21/h4-7,11,19H,2-3,8-9H2,1H3,(H,23,24)/t11-/m1/s1. The number of nitriles is 1. The molecular formula is C19H18F2N2O2S. The second-order valence-electron chi connectivity index (χ2n) is 6.19. The molecule has 7 heteroatoms. The van der Waals surface area contributed by atoms with Gasteiger partial charge in [0, 0.05) is 10.4 Å². The minimum atomic E-state index is -2.91. The van der Waals surface area contributed by atoms with Gasteiger partial charge in [0.05, 0.1) is 5.56 Å². The Labute approximate surface area is 154 Å². The van der Waals surface area contributed by atoms with Gasteiger partial charge >= 0.3 is 6.61 Å². The Morgan fingerprint density at radius 3 is 2.77 bits per heavy atom. The maximum Gasteiger partial charge on any atom is 0.387 e. The van der Waals surface area contributed by atoms with E-state index in [1.165, 1.54) is 40.5 Å². The Morgan fingerprint density at radius 1 is 1.42 bits per heavy atom. The first-order valence-corrected chi connectivity index (χ1v) is 9.24. The van der Waals surface area contributed by atoms with Crippen LogP contribution in [0, 0.1) is 17.2 Å². The van der Waals surface area contributed by atoms with E-state index in [2.05, 4.69) is 23.0 Å². The van der Waals surface area contributed by atoms with Crippen molar-refractivity contribution in [3.63, 3.8) is 0 Å². The molecule has 0 spiro atoms. The van der Waals surface area contributed by atoms with Gasteiger partial charge in [0.25, 0.3) is 5.91 Å². The summed E-state index contributed by atoms with van der Waals surface area (Å²) < 4.78 is 28.6. The fourth-order valence-electron chi connectivity index (χ4n) is 3.17. The molecule has 0 bridgehead atoms. The summed E-state index contributed by atoms with van der Waals surface area (Å²) in [6, 6.07) is 7.68. The summed E-state index contributed by atoms with van der Waals surface area (Å²) in [5, 5.41) is 12.9. The van der Waals surface area contributed by atoms with Gasteiger partial charge in [-0.3, -0.25) is 4.79 Å². The largest absolute Gasteiger partial charge is 0.435 e. The zero-order chi connectivity index (χ0) is 18.7. The third-order valence-electron chi connectivity index (χ3n) is 4.63. The van der Waals surface area contributed by atoms with Gasteiger partial charge < -0.3 is 10.1 Å². The molecule has 0 radical (unpaired) electrons. The lowest BCUT2D eigenvalue weighted by molar-refractivity contribution is -0.0498. The average Bonchev–Trinajstić information content (AvgIpc) is 2.97. The number of amides is 1. The van der Waals surface area contributed by atoms with Crippen molar-refractivity contribution < 1.29 is 18.3 Å². The summed E-state index contributed by atoms with van der Waals surface area (Å²) in [6.07, 6.45) is 3.98. The Hall–Kier alpha value is -2.46. The lowest BCUT2D eigenvalue weighted by atomic mass is 9.86. The molecule has 0 fully saturated rings. The first kappa shape index (κ1) is 18.3. The molecule has 3 rings (SSSR count). The highest BCUT2D eigenvalue weighted by Crippen LogP contribution is 2.40. The van der Waals surface area contributed by atoms with Crippen molar-refractivity contribution in [1.29, 1.82) is 5.26 Å². The molecule has 0 aliphatic heterocycles. The molecule has 1 atom stereocenters. The van der Waals surface area contributed by atoms with E-state index in [4.69, 9.17) is 0 Å². The fraction of sp³-hybridized carbons (Fsp3) is 0.368. The van der Waals surface area contributed by atoms with Crippen molar-refractivity contribution in [2.75, 3.05) is 5.32 Å². The van der Waals surface area contributed by atoms with Crippen LogP contribution < -0.4 is 10.1 Å². The predicted octanol–water partition coefficient (Wildman–Crippen LogP) is 4.99. The number of nitrogens with zero attached hydrogens (tertiary/aromatic N) is 1. The number of ether oxygens (including phenoxy) is 1. The van der Waals surface area contributed by atoms with Crippen LogP contribution in [0.5, 0.6) is 5.75 Å². The molecule has 1 N–H and O–H groups in total. The summed E-state index contributed by atoms with van der Waals surface area (Å²) >= 11 is 1.46. The van der Waals surface area contributed by atoms with E-state index in [0.717, 1.165) is 31.2 Å². The van der Waals surface area contributed by atoms with Crippen molar-refractivity contribution in [3.8, 4) is 11.8 Å². The predicted molar refractivity (Wildman–Crippen MR) is 95.9 cm³/mol. The monoisotopic (exact) mass is 376 g/mol. The number of nitrogens with one attached hydrogen (secondary N) is 1. The minimum Gasteiger partial charge on any atom is -0.435 e. The molecule has 2 aromatic rings. The molecule has 1 aromatic carbocycles. The number of anilines is 1. The lowest BCUT2D eigenvalue weighted by Gasteiger charge is -2.20. The van der Waals surface area contributed by atoms with Gasteiger partial charge in [-0.15, -0.1) is 11.3 Å². The number of thiophene rings is 1. The highest BCUT2D eigenvalue weighted by atomic mass is 32.1. The van der Waals surface area contributed by atoms with E-state index in [-0.39, 0.29) is 11.7 Å². The van der Waals surface area contributed by atoms with Crippen LogP contribution in [0.15, 0.2) is 24.3 Å². The summed E-state index contributed by atoms with van der Waals surface area (Å²) in [4.78, 5) is 13.6. The molecule has 0 saturated heterocycles. The van der Waals surface area contributed by atoms with Crippen LogP contribution in [0.1, 0.15) is 46.1 Å². The van der Waals surface area contributed by atoms with E-state index < -0.39 is 6.61 Å². The number of benzene rings is 1. The van der Waals surface area contributed by atoms with Gasteiger partial charge in [-0.25, -0.2) is 0 Å². The smallest absolute Gasteiger partial charge is 0.387 e. The van der Waals surface area contributed by atoms with Gasteiger partial charge in [0.15, 0.2) is 0 Å². The van der Waals surface area contributed by atoms with Crippen LogP contribution in [0.2, 0.25) is 0 Å². The lowest BCUT2D eigenvalue weighted by Crippen LogP contribution is -2.13.